The Morgan fingerprint density at radius 1 is 1.10 bits per heavy atom. The summed E-state index contributed by atoms with van der Waals surface area (Å²) in [4.78, 5) is 23.4. The number of aliphatic carboxylic acids is 1. The average molecular weight is 284 g/mol. The van der Waals surface area contributed by atoms with Gasteiger partial charge in [-0.2, -0.15) is 0 Å². The van der Waals surface area contributed by atoms with Crippen molar-refractivity contribution < 1.29 is 19.4 Å². The summed E-state index contributed by atoms with van der Waals surface area (Å²) in [5.74, 6) is -0.951. The zero-order valence-corrected chi connectivity index (χ0v) is 12.7. The Kier molecular flexibility index (Phi) is 3.28. The first-order valence-corrected chi connectivity index (χ1v) is 6.91. The molecule has 1 saturated heterocycles. The van der Waals surface area contributed by atoms with E-state index in [1.807, 2.05) is 0 Å². The smallest absolute Gasteiger partial charge is 0.315 e. The van der Waals surface area contributed by atoms with E-state index in [1.54, 1.807) is 6.92 Å². The lowest BCUT2D eigenvalue weighted by Gasteiger charge is -2.25. The fourth-order valence-electron chi connectivity index (χ4n) is 2.97. The minimum absolute atomic E-state index is 0.0482. The van der Waals surface area contributed by atoms with Gasteiger partial charge in [0.1, 0.15) is 5.41 Å². The van der Waals surface area contributed by atoms with Gasteiger partial charge in [-0.3, -0.25) is 4.79 Å². The van der Waals surface area contributed by atoms with Gasteiger partial charge in [-0.25, -0.2) is 4.79 Å². The second kappa shape index (κ2) is 4.35. The Bertz CT molecular complexity index is 432. The van der Waals surface area contributed by atoms with E-state index in [4.69, 9.17) is 4.74 Å². The van der Waals surface area contributed by atoms with Crippen LogP contribution in [0.15, 0.2) is 0 Å². The van der Waals surface area contributed by atoms with Crippen LogP contribution in [0, 0.1) is 16.2 Å². The molecule has 0 aromatic carbocycles. The van der Waals surface area contributed by atoms with E-state index in [0.717, 1.165) is 0 Å². The molecule has 2 unspecified atom stereocenters. The average Bonchev–Trinajstić information content (AvgIpc) is 2.64. The van der Waals surface area contributed by atoms with Crippen LogP contribution in [-0.2, 0) is 9.53 Å². The summed E-state index contributed by atoms with van der Waals surface area (Å²) < 4.78 is 5.21. The molecular weight excluding hydrogens is 260 g/mol. The SMILES string of the molecule is CC1(C(=O)O)COCC1NC(=O)NC1C(C)(C)C1(C)C. The number of amides is 2. The number of carboxylic acid groups (broad SMARTS) is 1. The number of hydrogen-bond acceptors (Lipinski definition) is 3. The van der Waals surface area contributed by atoms with Crippen molar-refractivity contribution in [3.8, 4) is 0 Å². The summed E-state index contributed by atoms with van der Waals surface area (Å²) in [6.45, 7) is 10.4. The molecule has 2 fully saturated rings. The number of urea groups is 1. The maximum atomic E-state index is 12.1. The van der Waals surface area contributed by atoms with Gasteiger partial charge in [-0.15, -0.1) is 0 Å². The van der Waals surface area contributed by atoms with E-state index >= 15 is 0 Å². The summed E-state index contributed by atoms with van der Waals surface area (Å²) in [6, 6.07) is -0.741. The topological polar surface area (TPSA) is 87.7 Å². The third-order valence-electron chi connectivity index (χ3n) is 5.55. The molecule has 0 aromatic heterocycles. The highest BCUT2D eigenvalue weighted by molar-refractivity contribution is 5.80. The zero-order valence-electron chi connectivity index (χ0n) is 12.7. The van der Waals surface area contributed by atoms with Gasteiger partial charge in [0.05, 0.1) is 19.3 Å². The number of rotatable bonds is 3. The minimum Gasteiger partial charge on any atom is -0.481 e. The van der Waals surface area contributed by atoms with Crippen molar-refractivity contribution in [2.75, 3.05) is 13.2 Å². The summed E-state index contributed by atoms with van der Waals surface area (Å²) in [6.07, 6.45) is 0. The van der Waals surface area contributed by atoms with E-state index in [9.17, 15) is 14.7 Å². The molecule has 0 bridgehead atoms. The van der Waals surface area contributed by atoms with Gasteiger partial charge in [-0.1, -0.05) is 27.7 Å². The molecule has 20 heavy (non-hydrogen) atoms. The van der Waals surface area contributed by atoms with Gasteiger partial charge in [0.15, 0.2) is 0 Å². The monoisotopic (exact) mass is 284 g/mol. The number of carbonyl (C=O) groups is 2. The third kappa shape index (κ3) is 2.06. The molecule has 3 N–H and O–H groups in total. The quantitative estimate of drug-likeness (QED) is 0.727. The van der Waals surface area contributed by atoms with Crippen LogP contribution in [0.4, 0.5) is 4.79 Å². The lowest BCUT2D eigenvalue weighted by Crippen LogP contribution is -2.53. The molecular formula is C14H24N2O4. The second-order valence-corrected chi connectivity index (χ2v) is 7.28. The van der Waals surface area contributed by atoms with Crippen LogP contribution in [-0.4, -0.2) is 42.4 Å². The van der Waals surface area contributed by atoms with E-state index in [1.165, 1.54) is 0 Å². The first-order chi connectivity index (χ1) is 9.03. The van der Waals surface area contributed by atoms with E-state index in [0.29, 0.717) is 0 Å². The molecule has 6 heteroatoms. The largest absolute Gasteiger partial charge is 0.481 e. The van der Waals surface area contributed by atoms with Crippen LogP contribution < -0.4 is 10.6 Å². The van der Waals surface area contributed by atoms with Crippen molar-refractivity contribution in [3.05, 3.63) is 0 Å². The maximum absolute atomic E-state index is 12.1. The van der Waals surface area contributed by atoms with E-state index in [-0.39, 0.29) is 36.1 Å². The van der Waals surface area contributed by atoms with E-state index < -0.39 is 17.4 Å². The maximum Gasteiger partial charge on any atom is 0.315 e. The van der Waals surface area contributed by atoms with Gasteiger partial charge in [0.25, 0.3) is 0 Å². The van der Waals surface area contributed by atoms with Crippen molar-refractivity contribution in [3.63, 3.8) is 0 Å². The van der Waals surface area contributed by atoms with Crippen molar-refractivity contribution in [1.29, 1.82) is 0 Å². The molecule has 2 rings (SSSR count). The van der Waals surface area contributed by atoms with Crippen LogP contribution in [0.25, 0.3) is 0 Å². The fourth-order valence-corrected chi connectivity index (χ4v) is 2.97. The first kappa shape index (κ1) is 15.1. The van der Waals surface area contributed by atoms with Gasteiger partial charge < -0.3 is 20.5 Å². The van der Waals surface area contributed by atoms with Crippen LogP contribution in [0.5, 0.6) is 0 Å². The molecule has 0 spiro atoms. The molecule has 114 valence electrons. The number of hydrogen-bond donors (Lipinski definition) is 3. The van der Waals surface area contributed by atoms with Crippen LogP contribution in [0.2, 0.25) is 0 Å². The lowest BCUT2D eigenvalue weighted by molar-refractivity contribution is -0.148. The highest BCUT2D eigenvalue weighted by Crippen LogP contribution is 2.62. The number of carboxylic acids is 1. The molecule has 6 nitrogen and oxygen atoms in total. The van der Waals surface area contributed by atoms with Crippen LogP contribution in [0.1, 0.15) is 34.6 Å². The van der Waals surface area contributed by atoms with Crippen molar-refractivity contribution in [1.82, 2.24) is 10.6 Å². The predicted octanol–water partition coefficient (Wildman–Crippen LogP) is 1.21. The molecule has 1 heterocycles. The summed E-state index contributed by atoms with van der Waals surface area (Å²) in [5.41, 5.74) is -0.967. The van der Waals surface area contributed by atoms with E-state index in [2.05, 4.69) is 38.3 Å². The lowest BCUT2D eigenvalue weighted by atomic mass is 9.85. The number of ether oxygens (including phenoxy) is 1. The Morgan fingerprint density at radius 2 is 1.65 bits per heavy atom. The molecule has 2 amide bonds. The van der Waals surface area contributed by atoms with Crippen molar-refractivity contribution in [2.24, 2.45) is 16.2 Å². The fraction of sp³-hybridized carbons (Fsp3) is 0.857. The third-order valence-corrected chi connectivity index (χ3v) is 5.55. The Morgan fingerprint density at radius 3 is 2.10 bits per heavy atom. The molecule has 1 saturated carbocycles. The second-order valence-electron chi connectivity index (χ2n) is 7.28. The minimum atomic E-state index is -1.06. The highest BCUT2D eigenvalue weighted by atomic mass is 16.5. The van der Waals surface area contributed by atoms with Crippen molar-refractivity contribution in [2.45, 2.75) is 46.7 Å². The Hall–Kier alpha value is -1.30. The molecule has 1 aliphatic carbocycles. The van der Waals surface area contributed by atoms with Crippen molar-refractivity contribution >= 4 is 12.0 Å². The molecule has 1 aliphatic heterocycles. The Balaban J connectivity index is 1.95. The van der Waals surface area contributed by atoms with Gasteiger partial charge >= 0.3 is 12.0 Å². The molecule has 0 aromatic rings. The molecule has 2 aliphatic rings. The van der Waals surface area contributed by atoms with Gasteiger partial charge in [-0.05, 0) is 17.8 Å². The van der Waals surface area contributed by atoms with Gasteiger partial charge in [0, 0.05) is 6.04 Å². The van der Waals surface area contributed by atoms with Crippen LogP contribution in [0.3, 0.4) is 0 Å². The Labute approximate surface area is 119 Å². The molecule has 2 atom stereocenters. The van der Waals surface area contributed by atoms with Crippen LogP contribution >= 0.6 is 0 Å². The zero-order chi connectivity index (χ0) is 15.3. The first-order valence-electron chi connectivity index (χ1n) is 6.91. The summed E-state index contributed by atoms with van der Waals surface area (Å²) in [5, 5.41) is 14.9. The normalized spacial score (nSPS) is 34.5. The summed E-state index contributed by atoms with van der Waals surface area (Å²) in [7, 11) is 0. The van der Waals surface area contributed by atoms with Gasteiger partial charge in [0.2, 0.25) is 0 Å². The highest BCUT2D eigenvalue weighted by Gasteiger charge is 2.65. The number of carbonyl (C=O) groups excluding carboxylic acids is 1. The predicted molar refractivity (Wildman–Crippen MR) is 73.4 cm³/mol. The number of nitrogens with one attached hydrogen (secondary N) is 2. The summed E-state index contributed by atoms with van der Waals surface area (Å²) >= 11 is 0. The standard InChI is InChI=1S/C14H24N2O4/c1-12(2)9(13(12,3)4)16-11(19)15-8-6-20-7-14(8,5)10(17)18/h8-9H,6-7H2,1-5H3,(H,17,18)(H2,15,16,19). The molecule has 0 radical (unpaired) electrons.